The number of carbonyl (C=O) groups excluding carboxylic acids is 1. The van der Waals surface area contributed by atoms with Gasteiger partial charge in [0.25, 0.3) is 0 Å². The van der Waals surface area contributed by atoms with Crippen molar-refractivity contribution >= 4 is 5.97 Å². The number of methoxy groups -OCH3 is 1. The molecule has 1 aliphatic heterocycles. The summed E-state index contributed by atoms with van der Waals surface area (Å²) < 4.78 is 4.84. The summed E-state index contributed by atoms with van der Waals surface area (Å²) in [6, 6.07) is 9.88. The van der Waals surface area contributed by atoms with Gasteiger partial charge < -0.3 is 9.64 Å². The highest BCUT2D eigenvalue weighted by atomic mass is 16.5. The normalized spacial score (nSPS) is 19.7. The number of carbonyl (C=O) groups is 1. The van der Waals surface area contributed by atoms with E-state index in [-0.39, 0.29) is 18.1 Å². The molecule has 3 nitrogen and oxygen atoms in total. The largest absolute Gasteiger partial charge is 0.467 e. The van der Waals surface area contributed by atoms with Gasteiger partial charge in [0.15, 0.2) is 0 Å². The first-order valence-corrected chi connectivity index (χ1v) is 5.99. The van der Waals surface area contributed by atoms with Gasteiger partial charge in [-0.1, -0.05) is 42.5 Å². The number of nitrogens with zero attached hydrogens (tertiary/aromatic N) is 1. The fourth-order valence-corrected chi connectivity index (χ4v) is 2.11. The average molecular weight is 243 g/mol. The summed E-state index contributed by atoms with van der Waals surface area (Å²) in [6.07, 6.45) is 7.58. The Morgan fingerprint density at radius 1 is 1.28 bits per heavy atom. The summed E-state index contributed by atoms with van der Waals surface area (Å²) in [5.41, 5.74) is 1.17. The number of esters is 1. The van der Waals surface area contributed by atoms with E-state index in [4.69, 9.17) is 4.74 Å². The molecule has 94 valence electrons. The number of hydrogen-bond acceptors (Lipinski definition) is 3. The molecule has 0 aliphatic carbocycles. The molecule has 0 bridgehead atoms. The molecule has 0 N–H and O–H groups in total. The second kappa shape index (κ2) is 5.54. The maximum absolute atomic E-state index is 11.8. The van der Waals surface area contributed by atoms with Crippen LogP contribution in [-0.4, -0.2) is 24.0 Å². The molecule has 0 spiro atoms. The lowest BCUT2D eigenvalue weighted by Crippen LogP contribution is -2.39. The van der Waals surface area contributed by atoms with Crippen LogP contribution in [0, 0.1) is 0 Å². The summed E-state index contributed by atoms with van der Waals surface area (Å²) in [7, 11) is 1.42. The van der Waals surface area contributed by atoms with Crippen molar-refractivity contribution in [2.24, 2.45) is 0 Å². The van der Waals surface area contributed by atoms with Crippen molar-refractivity contribution in [3.63, 3.8) is 0 Å². The summed E-state index contributed by atoms with van der Waals surface area (Å²) in [4.78, 5) is 13.8. The van der Waals surface area contributed by atoms with Gasteiger partial charge in [0.1, 0.15) is 6.04 Å². The van der Waals surface area contributed by atoms with E-state index in [9.17, 15) is 4.79 Å². The van der Waals surface area contributed by atoms with Crippen molar-refractivity contribution < 1.29 is 9.53 Å². The first-order valence-electron chi connectivity index (χ1n) is 5.99. The Kier molecular flexibility index (Phi) is 3.82. The van der Waals surface area contributed by atoms with E-state index in [1.165, 1.54) is 12.7 Å². The Labute approximate surface area is 107 Å². The van der Waals surface area contributed by atoms with Gasteiger partial charge in [-0.15, -0.1) is 0 Å². The van der Waals surface area contributed by atoms with Crippen LogP contribution in [0.25, 0.3) is 0 Å². The highest BCUT2D eigenvalue weighted by Crippen LogP contribution is 2.25. The predicted molar refractivity (Wildman–Crippen MR) is 70.8 cm³/mol. The molecular formula is C15H17NO2. The lowest BCUT2D eigenvalue weighted by atomic mass is 10.0. The molecule has 0 fully saturated rings. The minimum absolute atomic E-state index is 0.122. The molecule has 1 aromatic rings. The molecule has 0 saturated heterocycles. The van der Waals surface area contributed by atoms with Crippen LogP contribution in [0.15, 0.2) is 54.8 Å². The van der Waals surface area contributed by atoms with E-state index in [2.05, 4.69) is 19.1 Å². The molecule has 1 heterocycles. The van der Waals surface area contributed by atoms with Gasteiger partial charge in [-0.25, -0.2) is 4.79 Å². The van der Waals surface area contributed by atoms with Crippen molar-refractivity contribution in [1.29, 1.82) is 0 Å². The zero-order valence-corrected chi connectivity index (χ0v) is 10.6. The first kappa shape index (κ1) is 12.4. The Hall–Kier alpha value is -2.03. The van der Waals surface area contributed by atoms with Gasteiger partial charge in [-0.3, -0.25) is 0 Å². The van der Waals surface area contributed by atoms with Crippen molar-refractivity contribution in [2.45, 2.75) is 19.0 Å². The fraction of sp³-hybridized carbons (Fsp3) is 0.267. The van der Waals surface area contributed by atoms with E-state index in [0.29, 0.717) is 0 Å². The summed E-state index contributed by atoms with van der Waals surface area (Å²) in [6.45, 7) is 2.08. The monoisotopic (exact) mass is 243 g/mol. The first-order chi connectivity index (χ1) is 8.74. The van der Waals surface area contributed by atoms with Crippen LogP contribution in [-0.2, 0) is 9.53 Å². The smallest absolute Gasteiger partial charge is 0.332 e. The zero-order chi connectivity index (χ0) is 13.0. The van der Waals surface area contributed by atoms with Crippen LogP contribution in [0.2, 0.25) is 0 Å². The van der Waals surface area contributed by atoms with Gasteiger partial charge in [-0.2, -0.15) is 0 Å². The lowest BCUT2D eigenvalue weighted by Gasteiger charge is -2.34. The van der Waals surface area contributed by atoms with E-state index < -0.39 is 0 Å². The predicted octanol–water partition coefficient (Wildman–Crippen LogP) is 2.67. The molecule has 0 aromatic heterocycles. The number of allylic oxidation sites excluding steroid dienone is 2. The molecule has 0 radical (unpaired) electrons. The van der Waals surface area contributed by atoms with Crippen LogP contribution in [0.5, 0.6) is 0 Å². The van der Waals surface area contributed by atoms with Gasteiger partial charge >= 0.3 is 5.97 Å². The topological polar surface area (TPSA) is 29.5 Å². The van der Waals surface area contributed by atoms with Gasteiger partial charge in [0.2, 0.25) is 0 Å². The molecule has 18 heavy (non-hydrogen) atoms. The Morgan fingerprint density at radius 2 is 2.00 bits per heavy atom. The second-order valence-electron chi connectivity index (χ2n) is 4.23. The maximum Gasteiger partial charge on any atom is 0.332 e. The fourth-order valence-electron chi connectivity index (χ4n) is 2.11. The summed E-state index contributed by atoms with van der Waals surface area (Å²) in [5.74, 6) is -0.238. The van der Waals surface area contributed by atoms with E-state index >= 15 is 0 Å². The Morgan fingerprint density at radius 3 is 2.67 bits per heavy atom. The van der Waals surface area contributed by atoms with E-state index in [0.717, 1.165) is 0 Å². The van der Waals surface area contributed by atoms with Crippen LogP contribution < -0.4 is 0 Å². The van der Waals surface area contributed by atoms with Crippen LogP contribution in [0.3, 0.4) is 0 Å². The van der Waals surface area contributed by atoms with Gasteiger partial charge in [0, 0.05) is 6.20 Å². The number of hydrogen-bond donors (Lipinski definition) is 0. The summed E-state index contributed by atoms with van der Waals surface area (Å²) >= 11 is 0. The number of benzene rings is 1. The zero-order valence-electron chi connectivity index (χ0n) is 10.6. The van der Waals surface area contributed by atoms with E-state index in [1.54, 1.807) is 0 Å². The molecule has 1 aliphatic rings. The van der Waals surface area contributed by atoms with Crippen molar-refractivity contribution in [3.05, 3.63) is 60.3 Å². The molecule has 0 unspecified atom stereocenters. The van der Waals surface area contributed by atoms with Gasteiger partial charge in [-0.05, 0) is 18.6 Å². The van der Waals surface area contributed by atoms with Crippen LogP contribution in [0.4, 0.5) is 0 Å². The quantitative estimate of drug-likeness (QED) is 0.764. The Balaban J connectivity index is 2.23. The van der Waals surface area contributed by atoms with Crippen LogP contribution >= 0.6 is 0 Å². The molecule has 3 heteroatoms. The third kappa shape index (κ3) is 2.45. The number of rotatable bonds is 3. The third-order valence-corrected chi connectivity index (χ3v) is 3.16. The number of ether oxygens (including phenoxy) is 1. The molecule has 0 saturated carbocycles. The SMILES string of the molecule is COC(=O)[C@@H]1C=CC=CN1[C@@H](C)c1ccccc1. The lowest BCUT2D eigenvalue weighted by molar-refractivity contribution is -0.144. The second-order valence-corrected chi connectivity index (χ2v) is 4.23. The third-order valence-electron chi connectivity index (χ3n) is 3.16. The highest BCUT2D eigenvalue weighted by molar-refractivity contribution is 5.78. The Bertz CT molecular complexity index is 465. The maximum atomic E-state index is 11.8. The molecule has 2 rings (SSSR count). The molecule has 0 amide bonds. The van der Waals surface area contributed by atoms with E-state index in [1.807, 2.05) is 47.5 Å². The standard InChI is InChI=1S/C15H17NO2/c1-12(13-8-4-3-5-9-13)16-11-7-6-10-14(16)15(17)18-2/h3-12,14H,1-2H3/t12-,14-/m0/s1. The molecule has 2 atom stereocenters. The average Bonchev–Trinajstić information content (AvgIpc) is 2.46. The minimum atomic E-state index is -0.352. The van der Waals surface area contributed by atoms with Crippen molar-refractivity contribution in [3.8, 4) is 0 Å². The molecule has 1 aromatic carbocycles. The summed E-state index contributed by atoms with van der Waals surface area (Å²) in [5, 5.41) is 0. The van der Waals surface area contributed by atoms with Gasteiger partial charge in [0.05, 0.1) is 13.2 Å². The van der Waals surface area contributed by atoms with Crippen LogP contribution in [0.1, 0.15) is 18.5 Å². The molecular weight excluding hydrogens is 226 g/mol. The minimum Gasteiger partial charge on any atom is -0.467 e. The highest BCUT2D eigenvalue weighted by Gasteiger charge is 2.27. The van der Waals surface area contributed by atoms with Crippen molar-refractivity contribution in [2.75, 3.05) is 7.11 Å². The van der Waals surface area contributed by atoms with Crippen molar-refractivity contribution in [1.82, 2.24) is 4.90 Å².